The normalized spacial score (nSPS) is 13.9. The third kappa shape index (κ3) is 72.4. The molecule has 3 N–H and O–H groups in total. The molecule has 0 saturated heterocycles. The van der Waals surface area contributed by atoms with Crippen LogP contribution in [0.15, 0.2) is 0 Å². The van der Waals surface area contributed by atoms with Crippen molar-refractivity contribution in [3.8, 4) is 0 Å². The second-order valence-electron chi connectivity index (χ2n) is 28.9. The standard InChI is InChI=1S/C79H154O17P2/c1-6-9-12-15-18-21-23-25-30-35-38-43-48-53-58-63-77(82)90-69-75(96-79(84)65-60-55-50-45-40-36-32-29-27-26-28-31-34-37-42-46-51-56-61-72(4)5)71-94-98(87,88)92-67-73(80)66-91-97(85,86)93-70-74(68-89-76(81)62-57-52-47-41-20-17-14-11-8-3)95-78(83)64-59-54-49-44-39-33-24-22-19-16-13-10-7-2/h72-75,80H,6-71H2,1-5H3,(H,85,86)(H,87,88)/t73-,74+,75+/m0/s1. The molecule has 0 amide bonds. The number of phosphoric acid groups is 2. The molecule has 19 heteroatoms. The molecule has 0 bridgehead atoms. The second-order valence-corrected chi connectivity index (χ2v) is 31.8. The summed E-state index contributed by atoms with van der Waals surface area (Å²) in [7, 11) is -9.91. The molecule has 98 heavy (non-hydrogen) atoms. The van der Waals surface area contributed by atoms with Crippen molar-refractivity contribution in [3.05, 3.63) is 0 Å². The SMILES string of the molecule is CCCCCCCCCCCCCCCCCC(=O)OC[C@H](COP(=O)(O)OC[C@@H](O)COP(=O)(O)OC[C@@H](COC(=O)CCCCCCCCCCC)OC(=O)CCCCCCCCCCCCCCC)OC(=O)CCCCCCCCCCCCCCCCCCCCC(C)C. The highest BCUT2D eigenvalue weighted by Crippen LogP contribution is 2.45. The molecule has 0 aromatic carbocycles. The van der Waals surface area contributed by atoms with Crippen LogP contribution in [0, 0.1) is 5.92 Å². The summed E-state index contributed by atoms with van der Waals surface area (Å²) >= 11 is 0. The lowest BCUT2D eigenvalue weighted by atomic mass is 10.0. The van der Waals surface area contributed by atoms with Crippen molar-refractivity contribution < 1.29 is 80.2 Å². The van der Waals surface area contributed by atoms with Gasteiger partial charge in [-0.25, -0.2) is 9.13 Å². The third-order valence-electron chi connectivity index (χ3n) is 18.5. The molecule has 0 saturated carbocycles. The van der Waals surface area contributed by atoms with E-state index >= 15 is 0 Å². The van der Waals surface area contributed by atoms with Crippen LogP contribution in [0.2, 0.25) is 0 Å². The number of hydrogen-bond acceptors (Lipinski definition) is 15. The fraction of sp³-hybridized carbons (Fsp3) is 0.949. The van der Waals surface area contributed by atoms with Gasteiger partial charge in [0.15, 0.2) is 12.2 Å². The molecule has 0 heterocycles. The summed E-state index contributed by atoms with van der Waals surface area (Å²) in [6.07, 6.45) is 62.4. The van der Waals surface area contributed by atoms with Gasteiger partial charge in [0.2, 0.25) is 0 Å². The summed E-state index contributed by atoms with van der Waals surface area (Å²) in [6, 6.07) is 0. The summed E-state index contributed by atoms with van der Waals surface area (Å²) < 4.78 is 68.6. The van der Waals surface area contributed by atoms with E-state index in [9.17, 15) is 43.2 Å². The van der Waals surface area contributed by atoms with E-state index in [0.29, 0.717) is 25.7 Å². The number of hydrogen-bond donors (Lipinski definition) is 3. The molecule has 0 spiro atoms. The monoisotopic (exact) mass is 1440 g/mol. The zero-order valence-corrected chi connectivity index (χ0v) is 65.7. The number of phosphoric ester groups is 2. The number of carbonyl (C=O) groups excluding carboxylic acids is 4. The van der Waals surface area contributed by atoms with Crippen LogP contribution in [-0.2, 0) is 65.4 Å². The first-order valence-corrected chi connectivity index (χ1v) is 44.1. The van der Waals surface area contributed by atoms with Crippen LogP contribution >= 0.6 is 15.6 Å². The zero-order chi connectivity index (χ0) is 71.9. The zero-order valence-electron chi connectivity index (χ0n) is 63.9. The van der Waals surface area contributed by atoms with Crippen LogP contribution in [-0.4, -0.2) is 96.7 Å². The molecule has 0 aromatic heterocycles. The number of ether oxygens (including phenoxy) is 4. The van der Waals surface area contributed by atoms with E-state index in [1.54, 1.807) is 0 Å². The fourth-order valence-electron chi connectivity index (χ4n) is 12.2. The van der Waals surface area contributed by atoms with Crippen molar-refractivity contribution in [2.75, 3.05) is 39.6 Å². The Morgan fingerprint density at radius 3 is 0.694 bits per heavy atom. The van der Waals surface area contributed by atoms with Gasteiger partial charge in [-0.15, -0.1) is 0 Å². The van der Waals surface area contributed by atoms with Gasteiger partial charge in [-0.05, 0) is 31.6 Å². The molecule has 0 aliphatic heterocycles. The van der Waals surface area contributed by atoms with Gasteiger partial charge < -0.3 is 33.8 Å². The molecule has 0 radical (unpaired) electrons. The van der Waals surface area contributed by atoms with Gasteiger partial charge in [0.1, 0.15) is 19.3 Å². The molecule has 0 aliphatic rings. The highest BCUT2D eigenvalue weighted by Gasteiger charge is 2.30. The Morgan fingerprint density at radius 2 is 0.469 bits per heavy atom. The van der Waals surface area contributed by atoms with Crippen LogP contribution in [0.4, 0.5) is 0 Å². The van der Waals surface area contributed by atoms with E-state index in [-0.39, 0.29) is 25.7 Å². The van der Waals surface area contributed by atoms with E-state index in [1.165, 1.54) is 244 Å². The Hall–Kier alpha value is -1.94. The Morgan fingerprint density at radius 1 is 0.276 bits per heavy atom. The number of aliphatic hydroxyl groups is 1. The van der Waals surface area contributed by atoms with Crippen LogP contribution < -0.4 is 0 Å². The Bertz CT molecular complexity index is 1870. The van der Waals surface area contributed by atoms with E-state index in [4.69, 9.17) is 37.0 Å². The van der Waals surface area contributed by atoms with E-state index in [1.807, 2.05) is 0 Å². The van der Waals surface area contributed by atoms with Crippen LogP contribution in [0.25, 0.3) is 0 Å². The van der Waals surface area contributed by atoms with E-state index in [2.05, 4.69) is 34.6 Å². The number of carbonyl (C=O) groups is 4. The molecule has 2 unspecified atom stereocenters. The Balaban J connectivity index is 5.20. The molecular weight excluding hydrogens is 1280 g/mol. The highest BCUT2D eigenvalue weighted by atomic mass is 31.2. The number of aliphatic hydroxyl groups excluding tert-OH is 1. The summed E-state index contributed by atoms with van der Waals surface area (Å²) in [5.74, 6) is -1.29. The third-order valence-corrected chi connectivity index (χ3v) is 20.4. The molecular formula is C79H154O17P2. The van der Waals surface area contributed by atoms with Crippen molar-refractivity contribution in [1.82, 2.24) is 0 Å². The largest absolute Gasteiger partial charge is 0.472 e. The van der Waals surface area contributed by atoms with Crippen molar-refractivity contribution in [3.63, 3.8) is 0 Å². The van der Waals surface area contributed by atoms with Crippen molar-refractivity contribution in [2.24, 2.45) is 5.92 Å². The van der Waals surface area contributed by atoms with Gasteiger partial charge in [0.25, 0.3) is 0 Å². The van der Waals surface area contributed by atoms with Crippen LogP contribution in [0.3, 0.4) is 0 Å². The van der Waals surface area contributed by atoms with Crippen molar-refractivity contribution in [2.45, 2.75) is 438 Å². The predicted molar refractivity (Wildman–Crippen MR) is 400 cm³/mol. The Kier molecular flexibility index (Phi) is 70.6. The highest BCUT2D eigenvalue weighted by molar-refractivity contribution is 7.47. The number of esters is 4. The maximum Gasteiger partial charge on any atom is 0.472 e. The average Bonchev–Trinajstić information content (AvgIpc) is 1.31. The van der Waals surface area contributed by atoms with Crippen molar-refractivity contribution >= 4 is 39.5 Å². The van der Waals surface area contributed by atoms with Gasteiger partial charge in [-0.2, -0.15) is 0 Å². The lowest BCUT2D eigenvalue weighted by Gasteiger charge is -2.21. The minimum absolute atomic E-state index is 0.108. The first kappa shape index (κ1) is 96.1. The van der Waals surface area contributed by atoms with Gasteiger partial charge >= 0.3 is 39.5 Å². The van der Waals surface area contributed by atoms with Gasteiger partial charge in [0.05, 0.1) is 26.4 Å². The maximum absolute atomic E-state index is 13.1. The topological polar surface area (TPSA) is 237 Å². The van der Waals surface area contributed by atoms with Gasteiger partial charge in [-0.1, -0.05) is 369 Å². The quantitative estimate of drug-likeness (QED) is 0.0222. The first-order chi connectivity index (χ1) is 47.5. The molecule has 0 fully saturated rings. The first-order valence-electron chi connectivity index (χ1n) is 41.1. The molecule has 582 valence electrons. The van der Waals surface area contributed by atoms with Gasteiger partial charge in [0, 0.05) is 25.7 Å². The molecule has 17 nitrogen and oxygen atoms in total. The molecule has 5 atom stereocenters. The molecule has 0 rings (SSSR count). The summed E-state index contributed by atoms with van der Waals surface area (Å²) in [4.78, 5) is 72.9. The summed E-state index contributed by atoms with van der Waals surface area (Å²) in [5, 5.41) is 10.6. The van der Waals surface area contributed by atoms with Crippen molar-refractivity contribution in [1.29, 1.82) is 0 Å². The molecule has 0 aliphatic carbocycles. The average molecular weight is 1440 g/mol. The lowest BCUT2D eigenvalue weighted by Crippen LogP contribution is -2.30. The smallest absolute Gasteiger partial charge is 0.462 e. The number of unbranched alkanes of at least 4 members (excludes halogenated alkanes) is 51. The maximum atomic E-state index is 13.1. The minimum atomic E-state index is -4.96. The molecule has 0 aromatic rings. The van der Waals surface area contributed by atoms with E-state index in [0.717, 1.165) is 95.8 Å². The van der Waals surface area contributed by atoms with E-state index < -0.39 is 97.5 Å². The summed E-state index contributed by atoms with van der Waals surface area (Å²) in [6.45, 7) is 7.34. The number of rotatable bonds is 79. The minimum Gasteiger partial charge on any atom is -0.462 e. The van der Waals surface area contributed by atoms with Gasteiger partial charge in [-0.3, -0.25) is 37.3 Å². The Labute approximate surface area is 600 Å². The lowest BCUT2D eigenvalue weighted by molar-refractivity contribution is -0.161. The van der Waals surface area contributed by atoms with Crippen LogP contribution in [0.1, 0.15) is 420 Å². The van der Waals surface area contributed by atoms with Crippen LogP contribution in [0.5, 0.6) is 0 Å². The predicted octanol–water partition coefficient (Wildman–Crippen LogP) is 23.6. The fourth-order valence-corrected chi connectivity index (χ4v) is 13.8. The summed E-state index contributed by atoms with van der Waals surface area (Å²) in [5.41, 5.74) is 0. The second kappa shape index (κ2) is 72.0.